The molecular weight excluding hydrogens is 276 g/mol. The van der Waals surface area contributed by atoms with E-state index < -0.39 is 5.97 Å². The number of carbonyl (C=O) groups is 1. The van der Waals surface area contributed by atoms with E-state index in [0.717, 1.165) is 10.5 Å². The number of hydrogen-bond donors (Lipinski definition) is 1. The first kappa shape index (κ1) is 12.7. The zero-order valence-corrected chi connectivity index (χ0v) is 10.2. The summed E-state index contributed by atoms with van der Waals surface area (Å²) in [4.78, 5) is 10.4. The molecule has 1 aromatic carbocycles. The predicted octanol–water partition coefficient (Wildman–Crippen LogP) is 2.53. The summed E-state index contributed by atoms with van der Waals surface area (Å²) >= 11 is 3.30. The van der Waals surface area contributed by atoms with Gasteiger partial charge in [-0.2, -0.15) is 0 Å². The summed E-state index contributed by atoms with van der Waals surface area (Å²) in [5.74, 6) is -0.430. The highest BCUT2D eigenvalue weighted by atomic mass is 79.9. The maximum atomic E-state index is 10.4. The van der Waals surface area contributed by atoms with Crippen LogP contribution in [0.15, 0.2) is 28.7 Å². The van der Waals surface area contributed by atoms with Crippen LogP contribution in [0.1, 0.15) is 5.56 Å². The van der Waals surface area contributed by atoms with Crippen LogP contribution >= 0.6 is 15.9 Å². The molecule has 0 spiro atoms. The molecule has 0 heterocycles. The summed E-state index contributed by atoms with van der Waals surface area (Å²) in [5.41, 5.74) is 0.675. The van der Waals surface area contributed by atoms with Gasteiger partial charge in [-0.15, -0.1) is 0 Å². The average Bonchev–Trinajstić information content (AvgIpc) is 2.25. The number of rotatable bonds is 5. The van der Waals surface area contributed by atoms with Crippen LogP contribution in [-0.2, 0) is 9.53 Å². The Labute approximate surface area is 102 Å². The Hall–Kier alpha value is -1.33. The molecule has 0 aliphatic carbocycles. The van der Waals surface area contributed by atoms with Crippen molar-refractivity contribution < 1.29 is 19.4 Å². The lowest BCUT2D eigenvalue weighted by molar-refractivity contribution is -0.131. The molecule has 1 N–H and O–H groups in total. The van der Waals surface area contributed by atoms with Gasteiger partial charge in [-0.25, -0.2) is 4.79 Å². The van der Waals surface area contributed by atoms with Gasteiger partial charge in [0, 0.05) is 23.2 Å². The first-order valence-corrected chi connectivity index (χ1v) is 5.25. The summed E-state index contributed by atoms with van der Waals surface area (Å²) in [5, 5.41) is 8.55. The van der Waals surface area contributed by atoms with Crippen LogP contribution in [0.25, 0.3) is 6.08 Å². The highest BCUT2D eigenvalue weighted by molar-refractivity contribution is 9.10. The number of ether oxygens (including phenoxy) is 2. The highest BCUT2D eigenvalue weighted by Crippen LogP contribution is 2.24. The minimum Gasteiger partial charge on any atom is -0.478 e. The fourth-order valence-corrected chi connectivity index (χ4v) is 1.44. The smallest absolute Gasteiger partial charge is 0.328 e. The van der Waals surface area contributed by atoms with Gasteiger partial charge in [-0.1, -0.05) is 15.9 Å². The predicted molar refractivity (Wildman–Crippen MR) is 63.3 cm³/mol. The molecule has 1 rings (SSSR count). The van der Waals surface area contributed by atoms with Crippen molar-refractivity contribution in [2.45, 2.75) is 0 Å². The van der Waals surface area contributed by atoms with Crippen molar-refractivity contribution in [1.29, 1.82) is 0 Å². The molecule has 0 radical (unpaired) electrons. The van der Waals surface area contributed by atoms with E-state index in [1.165, 1.54) is 13.2 Å². The Bertz CT molecular complexity index is 401. The molecule has 0 amide bonds. The lowest BCUT2D eigenvalue weighted by Gasteiger charge is -2.08. The number of methoxy groups -OCH3 is 1. The summed E-state index contributed by atoms with van der Waals surface area (Å²) in [6.07, 6.45) is 2.53. The summed E-state index contributed by atoms with van der Waals surface area (Å²) < 4.78 is 10.9. The van der Waals surface area contributed by atoms with Gasteiger partial charge in [-0.3, -0.25) is 0 Å². The van der Waals surface area contributed by atoms with E-state index in [2.05, 4.69) is 15.9 Å². The van der Waals surface area contributed by atoms with Crippen molar-refractivity contribution in [2.75, 3.05) is 13.9 Å². The van der Waals surface area contributed by atoms with Gasteiger partial charge in [-0.05, 0) is 24.3 Å². The largest absolute Gasteiger partial charge is 0.478 e. The van der Waals surface area contributed by atoms with Gasteiger partial charge in [0.1, 0.15) is 5.75 Å². The number of carboxylic acids is 1. The Balaban J connectivity index is 2.93. The molecule has 0 bridgehead atoms. The molecule has 0 atom stereocenters. The topological polar surface area (TPSA) is 55.8 Å². The van der Waals surface area contributed by atoms with Crippen LogP contribution in [0.3, 0.4) is 0 Å². The van der Waals surface area contributed by atoms with Crippen LogP contribution in [0, 0.1) is 0 Å². The molecule has 0 saturated carbocycles. The molecule has 0 aliphatic rings. The number of carboxylic acid groups (broad SMARTS) is 1. The van der Waals surface area contributed by atoms with E-state index in [1.54, 1.807) is 12.1 Å². The van der Waals surface area contributed by atoms with E-state index in [-0.39, 0.29) is 6.79 Å². The molecular formula is C11H11BrO4. The number of halogens is 1. The lowest BCUT2D eigenvalue weighted by atomic mass is 10.2. The van der Waals surface area contributed by atoms with Crippen LogP contribution in [0.2, 0.25) is 0 Å². The molecule has 16 heavy (non-hydrogen) atoms. The van der Waals surface area contributed by atoms with Crippen LogP contribution in [0.4, 0.5) is 0 Å². The summed E-state index contributed by atoms with van der Waals surface area (Å²) in [7, 11) is 1.52. The van der Waals surface area contributed by atoms with Crippen molar-refractivity contribution in [3.63, 3.8) is 0 Å². The molecule has 0 fully saturated rings. The Morgan fingerprint density at radius 1 is 1.56 bits per heavy atom. The molecule has 5 heteroatoms. The standard InChI is InChI=1S/C11H11BrO4/c1-15-7-16-10-4-3-9(12)6-8(10)2-5-11(13)14/h2-6H,7H2,1H3,(H,13,14). The van der Waals surface area contributed by atoms with Gasteiger partial charge in [0.2, 0.25) is 0 Å². The second kappa shape index (κ2) is 6.30. The molecule has 0 aliphatic heterocycles. The van der Waals surface area contributed by atoms with Crippen LogP contribution in [-0.4, -0.2) is 25.0 Å². The van der Waals surface area contributed by atoms with Gasteiger partial charge in [0.15, 0.2) is 6.79 Å². The fraction of sp³-hybridized carbons (Fsp3) is 0.182. The Morgan fingerprint density at radius 3 is 2.94 bits per heavy atom. The second-order valence-electron chi connectivity index (χ2n) is 2.90. The maximum absolute atomic E-state index is 10.4. The maximum Gasteiger partial charge on any atom is 0.328 e. The van der Waals surface area contributed by atoms with E-state index in [0.29, 0.717) is 11.3 Å². The number of aliphatic carboxylic acids is 1. The van der Waals surface area contributed by atoms with E-state index in [1.807, 2.05) is 6.07 Å². The van der Waals surface area contributed by atoms with E-state index >= 15 is 0 Å². The second-order valence-corrected chi connectivity index (χ2v) is 3.82. The summed E-state index contributed by atoms with van der Waals surface area (Å²) in [6.45, 7) is 0.121. The van der Waals surface area contributed by atoms with Crippen molar-refractivity contribution in [2.24, 2.45) is 0 Å². The molecule has 0 aromatic heterocycles. The Kier molecular flexibility index (Phi) is 5.01. The third-order valence-corrected chi connectivity index (χ3v) is 2.20. The monoisotopic (exact) mass is 286 g/mol. The van der Waals surface area contributed by atoms with Gasteiger partial charge in [0.05, 0.1) is 0 Å². The van der Waals surface area contributed by atoms with Crippen molar-refractivity contribution >= 4 is 28.0 Å². The highest BCUT2D eigenvalue weighted by Gasteiger charge is 2.02. The minimum atomic E-state index is -1.00. The van der Waals surface area contributed by atoms with Gasteiger partial charge >= 0.3 is 5.97 Å². The summed E-state index contributed by atoms with van der Waals surface area (Å²) in [6, 6.07) is 5.32. The third-order valence-electron chi connectivity index (χ3n) is 1.71. The fourth-order valence-electron chi connectivity index (χ4n) is 1.06. The zero-order valence-electron chi connectivity index (χ0n) is 8.64. The van der Waals surface area contributed by atoms with E-state index in [4.69, 9.17) is 14.6 Å². The molecule has 0 saturated heterocycles. The molecule has 0 unspecified atom stereocenters. The SMILES string of the molecule is COCOc1ccc(Br)cc1C=CC(=O)O. The zero-order chi connectivity index (χ0) is 12.0. The number of hydrogen-bond acceptors (Lipinski definition) is 3. The Morgan fingerprint density at radius 2 is 2.31 bits per heavy atom. The third kappa shape index (κ3) is 4.04. The first-order valence-electron chi connectivity index (χ1n) is 4.46. The van der Waals surface area contributed by atoms with E-state index in [9.17, 15) is 4.79 Å². The van der Waals surface area contributed by atoms with Gasteiger partial charge in [0.25, 0.3) is 0 Å². The molecule has 86 valence electrons. The van der Waals surface area contributed by atoms with Crippen molar-refractivity contribution in [1.82, 2.24) is 0 Å². The molecule has 1 aromatic rings. The number of benzene rings is 1. The first-order chi connectivity index (χ1) is 7.63. The quantitative estimate of drug-likeness (QED) is 0.668. The average molecular weight is 287 g/mol. The van der Waals surface area contributed by atoms with Crippen molar-refractivity contribution in [3.8, 4) is 5.75 Å². The normalized spacial score (nSPS) is 10.6. The lowest BCUT2D eigenvalue weighted by Crippen LogP contribution is -2.00. The minimum absolute atomic E-state index is 0.121. The van der Waals surface area contributed by atoms with Crippen LogP contribution in [0.5, 0.6) is 5.75 Å². The van der Waals surface area contributed by atoms with Crippen molar-refractivity contribution in [3.05, 3.63) is 34.3 Å². The van der Waals surface area contributed by atoms with Gasteiger partial charge < -0.3 is 14.6 Å². The van der Waals surface area contributed by atoms with Crippen LogP contribution < -0.4 is 4.74 Å². The molecule has 4 nitrogen and oxygen atoms in total.